The quantitative estimate of drug-likeness (QED) is 0.822. The number of rotatable bonds is 6. The average molecular weight is 333 g/mol. The molecule has 19 heavy (non-hydrogen) atoms. The van der Waals surface area contributed by atoms with Gasteiger partial charge in [0.15, 0.2) is 11.5 Å². The van der Waals surface area contributed by atoms with Crippen molar-refractivity contribution in [1.82, 2.24) is 0 Å². The lowest BCUT2D eigenvalue weighted by Gasteiger charge is -2.15. The van der Waals surface area contributed by atoms with Gasteiger partial charge in [-0.2, -0.15) is 0 Å². The standard InChI is InChI=1S/C12H17BrN2O4/c1-17-6-8(14)12(16)15-9-5-11(19-3)10(18-2)4-7(9)13/h4-5,8H,6,14H2,1-3H3,(H,15,16). The maximum Gasteiger partial charge on any atom is 0.243 e. The molecule has 1 aromatic carbocycles. The summed E-state index contributed by atoms with van der Waals surface area (Å²) in [5, 5.41) is 2.69. The summed E-state index contributed by atoms with van der Waals surface area (Å²) < 4.78 is 15.8. The molecule has 1 unspecified atom stereocenters. The van der Waals surface area contributed by atoms with E-state index in [1.165, 1.54) is 21.3 Å². The van der Waals surface area contributed by atoms with Gasteiger partial charge in [0.1, 0.15) is 6.04 Å². The van der Waals surface area contributed by atoms with Gasteiger partial charge in [0.05, 0.1) is 26.5 Å². The van der Waals surface area contributed by atoms with Gasteiger partial charge in [-0.25, -0.2) is 0 Å². The van der Waals surface area contributed by atoms with Crippen LogP contribution in [0.4, 0.5) is 5.69 Å². The summed E-state index contributed by atoms with van der Waals surface area (Å²) in [5.41, 5.74) is 6.19. The van der Waals surface area contributed by atoms with Crippen molar-refractivity contribution < 1.29 is 19.0 Å². The first-order valence-electron chi connectivity index (χ1n) is 5.50. The molecule has 1 atom stereocenters. The molecule has 7 heteroatoms. The van der Waals surface area contributed by atoms with Crippen LogP contribution in [0.25, 0.3) is 0 Å². The summed E-state index contributed by atoms with van der Waals surface area (Å²) in [6.45, 7) is 0.150. The molecule has 0 aliphatic rings. The molecule has 1 rings (SSSR count). The van der Waals surface area contributed by atoms with Gasteiger partial charge in [-0.05, 0) is 15.9 Å². The molecule has 0 saturated carbocycles. The Morgan fingerprint density at radius 2 is 1.89 bits per heavy atom. The van der Waals surface area contributed by atoms with E-state index in [4.69, 9.17) is 19.9 Å². The average Bonchev–Trinajstić information content (AvgIpc) is 2.40. The molecular weight excluding hydrogens is 316 g/mol. The maximum absolute atomic E-state index is 11.8. The lowest BCUT2D eigenvalue weighted by atomic mass is 10.2. The first-order valence-corrected chi connectivity index (χ1v) is 6.29. The van der Waals surface area contributed by atoms with Crippen LogP contribution in [0.5, 0.6) is 11.5 Å². The van der Waals surface area contributed by atoms with Crippen LogP contribution in [-0.4, -0.2) is 39.9 Å². The zero-order valence-electron chi connectivity index (χ0n) is 11.0. The van der Waals surface area contributed by atoms with Crippen LogP contribution in [0, 0.1) is 0 Å². The molecule has 0 aliphatic carbocycles. The zero-order chi connectivity index (χ0) is 14.4. The fourth-order valence-corrected chi connectivity index (χ4v) is 1.85. The first kappa shape index (κ1) is 15.7. The van der Waals surface area contributed by atoms with Crippen molar-refractivity contribution in [2.75, 3.05) is 33.3 Å². The van der Waals surface area contributed by atoms with Crippen LogP contribution in [0.3, 0.4) is 0 Å². The minimum atomic E-state index is -0.731. The second-order valence-electron chi connectivity index (χ2n) is 3.74. The molecule has 1 aromatic rings. The Hall–Kier alpha value is -1.31. The molecule has 0 fully saturated rings. The van der Waals surface area contributed by atoms with E-state index in [1.54, 1.807) is 12.1 Å². The highest BCUT2D eigenvalue weighted by Crippen LogP contribution is 2.36. The summed E-state index contributed by atoms with van der Waals surface area (Å²) in [6, 6.07) is 2.63. The van der Waals surface area contributed by atoms with Gasteiger partial charge >= 0.3 is 0 Å². The normalized spacial score (nSPS) is 11.8. The number of nitrogens with two attached hydrogens (primary N) is 1. The molecule has 0 aromatic heterocycles. The third kappa shape index (κ3) is 4.09. The predicted octanol–water partition coefficient (Wildman–Crippen LogP) is 1.38. The second kappa shape index (κ2) is 7.32. The Morgan fingerprint density at radius 3 is 2.42 bits per heavy atom. The summed E-state index contributed by atoms with van der Waals surface area (Å²) >= 11 is 3.35. The minimum Gasteiger partial charge on any atom is -0.493 e. The number of hydrogen-bond acceptors (Lipinski definition) is 5. The van der Waals surface area contributed by atoms with Crippen LogP contribution < -0.4 is 20.5 Å². The number of halogens is 1. The van der Waals surface area contributed by atoms with E-state index in [2.05, 4.69) is 21.2 Å². The van der Waals surface area contributed by atoms with Crippen molar-refractivity contribution in [2.24, 2.45) is 5.73 Å². The summed E-state index contributed by atoms with van der Waals surface area (Å²) in [6.07, 6.45) is 0. The first-order chi connectivity index (χ1) is 9.03. The van der Waals surface area contributed by atoms with Crippen LogP contribution in [-0.2, 0) is 9.53 Å². The fraction of sp³-hybridized carbons (Fsp3) is 0.417. The highest BCUT2D eigenvalue weighted by atomic mass is 79.9. The van der Waals surface area contributed by atoms with Crippen molar-refractivity contribution >= 4 is 27.5 Å². The lowest BCUT2D eigenvalue weighted by molar-refractivity contribution is -0.118. The summed E-state index contributed by atoms with van der Waals surface area (Å²) in [7, 11) is 4.55. The highest BCUT2D eigenvalue weighted by Gasteiger charge is 2.16. The van der Waals surface area contributed by atoms with Gasteiger partial charge in [0.2, 0.25) is 5.91 Å². The minimum absolute atomic E-state index is 0.150. The second-order valence-corrected chi connectivity index (χ2v) is 4.59. The maximum atomic E-state index is 11.8. The molecule has 0 heterocycles. The number of anilines is 1. The summed E-state index contributed by atoms with van der Waals surface area (Å²) in [5.74, 6) is 0.740. The van der Waals surface area contributed by atoms with E-state index in [1.807, 2.05) is 0 Å². The van der Waals surface area contributed by atoms with Gasteiger partial charge in [0.25, 0.3) is 0 Å². The molecular formula is C12H17BrN2O4. The SMILES string of the molecule is COCC(N)C(=O)Nc1cc(OC)c(OC)cc1Br. The fourth-order valence-electron chi connectivity index (χ4n) is 1.43. The van der Waals surface area contributed by atoms with Crippen molar-refractivity contribution in [3.8, 4) is 11.5 Å². The Labute approximate surface area is 120 Å². The van der Waals surface area contributed by atoms with Crippen LogP contribution >= 0.6 is 15.9 Å². The van der Waals surface area contributed by atoms with E-state index in [9.17, 15) is 4.79 Å². The zero-order valence-corrected chi connectivity index (χ0v) is 12.6. The Morgan fingerprint density at radius 1 is 1.32 bits per heavy atom. The Bertz CT molecular complexity index is 454. The third-order valence-corrected chi connectivity index (χ3v) is 3.07. The number of nitrogens with one attached hydrogen (secondary N) is 1. The van der Waals surface area contributed by atoms with Gasteiger partial charge < -0.3 is 25.3 Å². The smallest absolute Gasteiger partial charge is 0.243 e. The topological polar surface area (TPSA) is 82.8 Å². The van der Waals surface area contributed by atoms with Crippen LogP contribution in [0.2, 0.25) is 0 Å². The van der Waals surface area contributed by atoms with E-state index >= 15 is 0 Å². The van der Waals surface area contributed by atoms with E-state index in [-0.39, 0.29) is 12.5 Å². The molecule has 0 aliphatic heterocycles. The monoisotopic (exact) mass is 332 g/mol. The van der Waals surface area contributed by atoms with Gasteiger partial charge in [-0.3, -0.25) is 4.79 Å². The molecule has 0 bridgehead atoms. The lowest BCUT2D eigenvalue weighted by Crippen LogP contribution is -2.39. The number of carbonyl (C=O) groups is 1. The van der Waals surface area contributed by atoms with Crippen molar-refractivity contribution in [1.29, 1.82) is 0 Å². The molecule has 0 saturated heterocycles. The Balaban J connectivity index is 2.92. The molecule has 6 nitrogen and oxygen atoms in total. The largest absolute Gasteiger partial charge is 0.493 e. The number of methoxy groups -OCH3 is 3. The summed E-state index contributed by atoms with van der Waals surface area (Å²) in [4.78, 5) is 11.8. The highest BCUT2D eigenvalue weighted by molar-refractivity contribution is 9.10. The molecule has 1 amide bonds. The molecule has 0 spiro atoms. The third-order valence-electron chi connectivity index (χ3n) is 2.41. The van der Waals surface area contributed by atoms with Gasteiger partial charge in [0, 0.05) is 23.7 Å². The number of ether oxygens (including phenoxy) is 3. The van der Waals surface area contributed by atoms with Crippen LogP contribution in [0.15, 0.2) is 16.6 Å². The number of carbonyl (C=O) groups excluding carboxylic acids is 1. The van der Waals surface area contributed by atoms with Crippen molar-refractivity contribution in [3.63, 3.8) is 0 Å². The van der Waals surface area contributed by atoms with E-state index < -0.39 is 6.04 Å². The van der Waals surface area contributed by atoms with E-state index in [0.29, 0.717) is 21.7 Å². The van der Waals surface area contributed by atoms with Gasteiger partial charge in [-0.1, -0.05) is 0 Å². The molecule has 0 radical (unpaired) electrons. The van der Waals surface area contributed by atoms with Crippen molar-refractivity contribution in [3.05, 3.63) is 16.6 Å². The number of benzene rings is 1. The molecule has 106 valence electrons. The van der Waals surface area contributed by atoms with Crippen LogP contribution in [0.1, 0.15) is 0 Å². The number of amides is 1. The van der Waals surface area contributed by atoms with Gasteiger partial charge in [-0.15, -0.1) is 0 Å². The predicted molar refractivity (Wildman–Crippen MR) is 75.7 cm³/mol. The Kier molecular flexibility index (Phi) is 6.07. The molecule has 3 N–H and O–H groups in total. The van der Waals surface area contributed by atoms with Crippen molar-refractivity contribution in [2.45, 2.75) is 6.04 Å². The van der Waals surface area contributed by atoms with E-state index in [0.717, 1.165) is 0 Å². The number of hydrogen-bond donors (Lipinski definition) is 2.